The minimum absolute atomic E-state index is 0.00197. The predicted molar refractivity (Wildman–Crippen MR) is 61.9 cm³/mol. The van der Waals surface area contributed by atoms with Crippen molar-refractivity contribution in [2.24, 2.45) is 0 Å². The zero-order valence-corrected chi connectivity index (χ0v) is 10.4. The Kier molecular flexibility index (Phi) is 4.70. The second kappa shape index (κ2) is 6.04. The predicted octanol–water partition coefficient (Wildman–Crippen LogP) is 1.44. The third-order valence-electron chi connectivity index (χ3n) is 1.74. The van der Waals surface area contributed by atoms with Crippen molar-refractivity contribution in [3.63, 3.8) is 0 Å². The van der Waals surface area contributed by atoms with E-state index in [9.17, 15) is 4.79 Å². The number of rotatable bonds is 4. The Morgan fingerprint density at radius 2 is 2.12 bits per heavy atom. The Morgan fingerprint density at radius 3 is 2.59 bits per heavy atom. The summed E-state index contributed by atoms with van der Waals surface area (Å²) in [5.41, 5.74) is 0. The number of ether oxygens (including phenoxy) is 1. The maximum atomic E-state index is 11.3. The Balaban J connectivity index is 3.03. The number of halogens is 1. The monoisotopic (exact) mass is 270 g/mol. The van der Waals surface area contributed by atoms with Crippen LogP contribution in [0.3, 0.4) is 0 Å². The number of esters is 1. The van der Waals surface area contributed by atoms with Crippen LogP contribution < -0.4 is 4.90 Å². The summed E-state index contributed by atoms with van der Waals surface area (Å²) in [4.78, 5) is 16.8. The molecule has 0 unspecified atom stereocenters. The number of carbonyl (C=O) groups is 1. The van der Waals surface area contributed by atoms with Gasteiger partial charge in [0.15, 0.2) is 15.2 Å². The van der Waals surface area contributed by atoms with Crippen molar-refractivity contribution in [1.29, 1.82) is 10.5 Å². The third-order valence-corrected chi connectivity index (χ3v) is 3.22. The molecule has 0 spiro atoms. The molecule has 0 amide bonds. The van der Waals surface area contributed by atoms with E-state index in [0.717, 1.165) is 11.3 Å². The molecule has 0 N–H and O–H groups in total. The van der Waals surface area contributed by atoms with Gasteiger partial charge in [-0.1, -0.05) is 22.9 Å². The first-order valence-electron chi connectivity index (χ1n) is 4.37. The van der Waals surface area contributed by atoms with E-state index < -0.39 is 5.97 Å². The third kappa shape index (κ3) is 3.06. The molecule has 0 aromatic carbocycles. The minimum Gasteiger partial charge on any atom is -0.465 e. The number of nitrogens with zero attached hydrogens (tertiary/aromatic N) is 4. The molecular weight excluding hydrogens is 264 g/mol. The van der Waals surface area contributed by atoms with Crippen molar-refractivity contribution < 1.29 is 9.53 Å². The van der Waals surface area contributed by atoms with Crippen LogP contribution in [0.1, 0.15) is 9.67 Å². The Morgan fingerprint density at radius 1 is 1.53 bits per heavy atom. The quantitative estimate of drug-likeness (QED) is 0.607. The smallest absolute Gasteiger partial charge is 0.351 e. The van der Waals surface area contributed by atoms with Crippen LogP contribution in [0, 0.1) is 22.7 Å². The molecule has 0 aliphatic heterocycles. The van der Waals surface area contributed by atoms with Gasteiger partial charge in [-0.3, -0.25) is 0 Å². The van der Waals surface area contributed by atoms with Gasteiger partial charge in [-0.25, -0.2) is 9.78 Å². The van der Waals surface area contributed by atoms with Crippen LogP contribution in [0.4, 0.5) is 5.13 Å². The molecule has 0 saturated carbocycles. The fraction of sp³-hybridized carbons (Fsp3) is 0.333. The second-order valence-corrected chi connectivity index (χ2v) is 4.12. The highest BCUT2D eigenvalue weighted by atomic mass is 35.5. The standard InChI is InChI=1S/C9H7ClN4O2S/c1-16-8(15)6-7(10)13-9(17-6)14(4-2-11)5-3-12/h4-5H2,1H3. The van der Waals surface area contributed by atoms with Crippen molar-refractivity contribution in [2.45, 2.75) is 0 Å². The number of carbonyl (C=O) groups excluding carboxylic acids is 1. The summed E-state index contributed by atoms with van der Waals surface area (Å²) >= 11 is 6.76. The summed E-state index contributed by atoms with van der Waals surface area (Å²) in [6, 6.07) is 3.81. The molecule has 0 atom stereocenters. The summed E-state index contributed by atoms with van der Waals surface area (Å²) in [5.74, 6) is -0.590. The lowest BCUT2D eigenvalue weighted by Gasteiger charge is -2.12. The SMILES string of the molecule is COC(=O)c1sc(N(CC#N)CC#N)nc1Cl. The molecule has 0 fully saturated rings. The van der Waals surface area contributed by atoms with Gasteiger partial charge in [-0.05, 0) is 0 Å². The first kappa shape index (κ1) is 13.2. The zero-order chi connectivity index (χ0) is 12.8. The molecule has 1 aromatic rings. The molecule has 0 aliphatic rings. The molecule has 1 aromatic heterocycles. The van der Waals surface area contributed by atoms with E-state index in [4.69, 9.17) is 22.1 Å². The molecule has 6 nitrogen and oxygen atoms in total. The Labute approximate surface area is 107 Å². The molecular formula is C9H7ClN4O2S. The molecule has 1 rings (SSSR count). The van der Waals surface area contributed by atoms with E-state index in [-0.39, 0.29) is 23.1 Å². The summed E-state index contributed by atoms with van der Waals surface area (Å²) in [6.07, 6.45) is 0. The molecule has 1 heterocycles. The van der Waals surface area contributed by atoms with E-state index in [1.807, 2.05) is 12.1 Å². The lowest BCUT2D eigenvalue weighted by molar-refractivity contribution is 0.0606. The number of methoxy groups -OCH3 is 1. The van der Waals surface area contributed by atoms with E-state index in [1.165, 1.54) is 12.0 Å². The molecule has 8 heteroatoms. The summed E-state index contributed by atoms with van der Waals surface area (Å²) in [6.45, 7) is -0.00394. The van der Waals surface area contributed by atoms with E-state index in [0.29, 0.717) is 5.13 Å². The van der Waals surface area contributed by atoms with Crippen molar-refractivity contribution in [3.8, 4) is 12.1 Å². The van der Waals surface area contributed by atoms with Gasteiger partial charge < -0.3 is 9.64 Å². The van der Waals surface area contributed by atoms with Crippen LogP contribution in [0.25, 0.3) is 0 Å². The van der Waals surface area contributed by atoms with Crippen LogP contribution in [0.15, 0.2) is 0 Å². The maximum Gasteiger partial charge on any atom is 0.351 e. The topological polar surface area (TPSA) is 90.0 Å². The van der Waals surface area contributed by atoms with Gasteiger partial charge in [-0.2, -0.15) is 10.5 Å². The first-order chi connectivity index (χ1) is 8.13. The number of hydrogen-bond donors (Lipinski definition) is 0. The van der Waals surface area contributed by atoms with Gasteiger partial charge in [0.25, 0.3) is 0 Å². The number of thiazole rings is 1. The number of hydrogen-bond acceptors (Lipinski definition) is 7. The minimum atomic E-state index is -0.590. The largest absolute Gasteiger partial charge is 0.465 e. The normalized spacial score (nSPS) is 9.18. The highest BCUT2D eigenvalue weighted by molar-refractivity contribution is 7.18. The van der Waals surface area contributed by atoms with Gasteiger partial charge in [-0.15, -0.1) is 0 Å². The molecule has 0 radical (unpaired) electrons. The number of aromatic nitrogens is 1. The van der Waals surface area contributed by atoms with Crippen molar-refractivity contribution in [2.75, 3.05) is 25.1 Å². The second-order valence-electron chi connectivity index (χ2n) is 2.78. The van der Waals surface area contributed by atoms with Crippen LogP contribution in [0.2, 0.25) is 5.15 Å². The summed E-state index contributed by atoms with van der Waals surface area (Å²) < 4.78 is 4.53. The highest BCUT2D eigenvalue weighted by Crippen LogP contribution is 2.29. The molecule has 88 valence electrons. The molecule has 0 saturated heterocycles. The van der Waals surface area contributed by atoms with Crippen molar-refractivity contribution in [1.82, 2.24) is 4.98 Å². The van der Waals surface area contributed by atoms with Crippen LogP contribution in [0.5, 0.6) is 0 Å². The zero-order valence-electron chi connectivity index (χ0n) is 8.81. The van der Waals surface area contributed by atoms with E-state index in [2.05, 4.69) is 9.72 Å². The molecule has 17 heavy (non-hydrogen) atoms. The summed E-state index contributed by atoms with van der Waals surface area (Å²) in [7, 11) is 1.24. The molecule has 0 aliphatic carbocycles. The summed E-state index contributed by atoms with van der Waals surface area (Å²) in [5, 5.41) is 17.6. The van der Waals surface area contributed by atoms with Crippen molar-refractivity contribution in [3.05, 3.63) is 10.0 Å². The number of anilines is 1. The van der Waals surface area contributed by atoms with Gasteiger partial charge in [0.05, 0.1) is 19.2 Å². The maximum absolute atomic E-state index is 11.3. The van der Waals surface area contributed by atoms with Crippen molar-refractivity contribution >= 4 is 34.0 Å². The van der Waals surface area contributed by atoms with E-state index in [1.54, 1.807) is 0 Å². The fourth-order valence-corrected chi connectivity index (χ4v) is 2.20. The van der Waals surface area contributed by atoms with Gasteiger partial charge in [0, 0.05) is 0 Å². The molecule has 0 bridgehead atoms. The lowest BCUT2D eigenvalue weighted by Crippen LogP contribution is -2.23. The van der Waals surface area contributed by atoms with Crippen LogP contribution in [-0.2, 0) is 4.74 Å². The first-order valence-corrected chi connectivity index (χ1v) is 5.57. The van der Waals surface area contributed by atoms with Crippen LogP contribution >= 0.6 is 22.9 Å². The van der Waals surface area contributed by atoms with Gasteiger partial charge in [0.2, 0.25) is 0 Å². The highest BCUT2D eigenvalue weighted by Gasteiger charge is 2.20. The van der Waals surface area contributed by atoms with Gasteiger partial charge in [0.1, 0.15) is 13.1 Å². The Hall–Kier alpha value is -1.83. The van der Waals surface area contributed by atoms with E-state index >= 15 is 0 Å². The van der Waals surface area contributed by atoms with Crippen LogP contribution in [-0.4, -0.2) is 31.2 Å². The fourth-order valence-electron chi connectivity index (χ4n) is 1.01. The average molecular weight is 271 g/mol. The lowest BCUT2D eigenvalue weighted by atomic mass is 10.5. The average Bonchev–Trinajstić information content (AvgIpc) is 2.70. The number of nitriles is 2. The van der Waals surface area contributed by atoms with Gasteiger partial charge >= 0.3 is 5.97 Å². The Bertz CT molecular complexity index is 486.